The topological polar surface area (TPSA) is 146 Å². The molecular weight excluding hydrogens is 768 g/mol. The van der Waals surface area contributed by atoms with Crippen molar-refractivity contribution in [1.29, 1.82) is 5.26 Å². The van der Waals surface area contributed by atoms with E-state index >= 15 is 17.6 Å². The molecule has 0 aromatic rings. The molecule has 1 aliphatic heterocycles. The van der Waals surface area contributed by atoms with E-state index in [-0.39, 0.29) is 31.5 Å². The molecule has 21 heteroatoms. The second-order valence-electron chi connectivity index (χ2n) is 14.4. The van der Waals surface area contributed by atoms with Crippen LogP contribution in [0.1, 0.15) is 94.9 Å². The lowest BCUT2D eigenvalue weighted by Crippen LogP contribution is -2.52. The lowest BCUT2D eigenvalue weighted by molar-refractivity contribution is -0.146. The van der Waals surface area contributed by atoms with Gasteiger partial charge in [0.15, 0.2) is 8.32 Å². The molecule has 1 aliphatic rings. The third-order valence-electron chi connectivity index (χ3n) is 8.99. The Morgan fingerprint density at radius 1 is 0.923 bits per heavy atom. The number of nitriles is 1. The highest BCUT2D eigenvalue weighted by molar-refractivity contribution is 7.55. The van der Waals surface area contributed by atoms with Gasteiger partial charge in [0.25, 0.3) is 8.53 Å². The lowest BCUT2D eigenvalue weighted by atomic mass is 9.75. The van der Waals surface area contributed by atoms with Crippen molar-refractivity contribution >= 4 is 39.9 Å². The van der Waals surface area contributed by atoms with Crippen LogP contribution in [0, 0.1) is 17.2 Å². The molecule has 0 bridgehead atoms. The molecule has 0 aromatic carbocycles. The van der Waals surface area contributed by atoms with Crippen molar-refractivity contribution in [3.05, 3.63) is 0 Å². The second kappa shape index (κ2) is 19.9. The van der Waals surface area contributed by atoms with Gasteiger partial charge in [0.2, 0.25) is 0 Å². The number of halogens is 4. The van der Waals surface area contributed by atoms with Gasteiger partial charge in [-0.3, -0.25) is 9.13 Å². The van der Waals surface area contributed by atoms with Gasteiger partial charge in [0, 0.05) is 24.0 Å². The fourth-order valence-corrected chi connectivity index (χ4v) is 11.8. The van der Waals surface area contributed by atoms with E-state index in [1.807, 2.05) is 33.8 Å². The lowest BCUT2D eigenvalue weighted by Gasteiger charge is -2.45. The maximum atomic E-state index is 16.7. The number of nitrogens with zero attached hydrogens (tertiary/aromatic N) is 2. The van der Waals surface area contributed by atoms with Crippen LogP contribution in [-0.4, -0.2) is 99.8 Å². The predicted octanol–water partition coefficient (Wildman–Crippen LogP) is 9.39. The predicted molar refractivity (Wildman–Crippen MR) is 196 cm³/mol. The minimum atomic E-state index is -5.38. The van der Waals surface area contributed by atoms with E-state index in [2.05, 4.69) is 0 Å². The molecule has 1 heterocycles. The minimum absolute atomic E-state index is 0.0542. The summed E-state index contributed by atoms with van der Waals surface area (Å²) in [5.74, 6) is -1.16. The number of alkyl halides is 4. The molecule has 4 atom stereocenters. The Hall–Kier alpha value is 0.0218. The van der Waals surface area contributed by atoms with Crippen molar-refractivity contribution in [1.82, 2.24) is 4.67 Å². The molecule has 1 N–H and O–H groups in total. The molecule has 2 radical (unpaired) electrons. The molecule has 0 aliphatic carbocycles. The zero-order chi connectivity index (χ0) is 40.6. The summed E-state index contributed by atoms with van der Waals surface area (Å²) in [6.45, 7) is 17.3. The molecule has 0 saturated carbocycles. The standard InChI is InChI=1S/C31H60BF4N2O10P3Si/c1-13-43-50(39,44-14-2)30(33,34)21-29(22-31(35,36)51(40,45-15-3)46-16-4)26(25(27(32)47-29)20-28(9,10)52(11,12)41)48-49(42-19-17-18-37)38(23(5)6)24(7)8/h23-27,41H,13-17,19-22H2,1-12H3/t25?,26?,27-,49?/m1/s1. The van der Waals surface area contributed by atoms with Crippen LogP contribution in [0.15, 0.2) is 0 Å². The van der Waals surface area contributed by atoms with Gasteiger partial charge in [0.05, 0.1) is 64.5 Å². The van der Waals surface area contributed by atoms with Gasteiger partial charge in [-0.05, 0) is 79.9 Å². The normalized spacial score (nSPS) is 21.3. The van der Waals surface area contributed by atoms with Crippen molar-refractivity contribution < 1.29 is 63.4 Å². The second-order valence-corrected chi connectivity index (χ2v) is 24.6. The highest BCUT2D eigenvalue weighted by Gasteiger charge is 2.70. The van der Waals surface area contributed by atoms with E-state index in [0.717, 1.165) is 0 Å². The van der Waals surface area contributed by atoms with Gasteiger partial charge < -0.3 is 36.7 Å². The molecule has 1 saturated heterocycles. The highest BCUT2D eigenvalue weighted by Crippen LogP contribution is 2.70. The van der Waals surface area contributed by atoms with Gasteiger partial charge in [0.1, 0.15) is 13.4 Å². The molecule has 304 valence electrons. The summed E-state index contributed by atoms with van der Waals surface area (Å²) in [7, 11) is -9.60. The van der Waals surface area contributed by atoms with Gasteiger partial charge >= 0.3 is 26.5 Å². The summed E-state index contributed by atoms with van der Waals surface area (Å²) in [6, 6.07) is -0.196. The van der Waals surface area contributed by atoms with E-state index in [4.69, 9.17) is 39.7 Å². The van der Waals surface area contributed by atoms with Crippen molar-refractivity contribution in [3.63, 3.8) is 0 Å². The average molecular weight is 829 g/mol. The van der Waals surface area contributed by atoms with E-state index in [1.54, 1.807) is 31.6 Å². The van der Waals surface area contributed by atoms with E-state index in [1.165, 1.54) is 27.7 Å². The zero-order valence-corrected chi connectivity index (χ0v) is 36.4. The maximum Gasteiger partial charge on any atom is 0.399 e. The summed E-state index contributed by atoms with van der Waals surface area (Å²) in [5, 5.41) is 8.35. The molecular formula is C31H60BF4N2O10P3Si. The van der Waals surface area contributed by atoms with Crippen LogP contribution in [0.5, 0.6) is 0 Å². The van der Waals surface area contributed by atoms with Crippen LogP contribution in [0.2, 0.25) is 18.1 Å². The molecule has 1 rings (SSSR count). The number of hydrogen-bond acceptors (Lipinski definition) is 12. The summed E-state index contributed by atoms with van der Waals surface area (Å²) >= 11 is 0. The first-order chi connectivity index (χ1) is 23.7. The first kappa shape index (κ1) is 50.0. The Morgan fingerprint density at radius 2 is 1.33 bits per heavy atom. The smallest absolute Gasteiger partial charge is 0.399 e. The zero-order valence-electron chi connectivity index (χ0n) is 32.7. The van der Waals surface area contributed by atoms with E-state index in [0.29, 0.717) is 0 Å². The monoisotopic (exact) mass is 828 g/mol. The molecule has 12 nitrogen and oxygen atoms in total. The van der Waals surface area contributed by atoms with Crippen LogP contribution in [0.3, 0.4) is 0 Å². The van der Waals surface area contributed by atoms with Crippen LogP contribution in [0.4, 0.5) is 17.6 Å². The number of hydrogen-bond donors (Lipinski definition) is 1. The van der Waals surface area contributed by atoms with Crippen molar-refractivity contribution in [2.45, 2.75) is 154 Å². The fraction of sp³-hybridized carbons (Fsp3) is 0.968. The fourth-order valence-electron chi connectivity index (χ4n) is 6.01. The number of rotatable bonds is 25. The van der Waals surface area contributed by atoms with E-state index in [9.17, 15) is 19.2 Å². The van der Waals surface area contributed by atoms with Gasteiger partial charge in [-0.1, -0.05) is 13.8 Å². The van der Waals surface area contributed by atoms with Gasteiger partial charge in [-0.25, -0.2) is 4.67 Å². The Labute approximate surface area is 311 Å². The molecule has 0 spiro atoms. The summed E-state index contributed by atoms with van der Waals surface area (Å²) in [6.07, 6.45) is -5.42. The number of ether oxygens (including phenoxy) is 1. The van der Waals surface area contributed by atoms with Crippen molar-refractivity contribution in [2.75, 3.05) is 33.0 Å². The third-order valence-corrected chi connectivity index (χ3v) is 18.9. The Balaban J connectivity index is 4.34. The van der Waals surface area contributed by atoms with Gasteiger partial charge in [-0.2, -0.15) is 22.8 Å². The van der Waals surface area contributed by atoms with Crippen LogP contribution >= 0.6 is 23.7 Å². The SMILES string of the molecule is [B][C@@H]1OC(CC(F)(F)P(=O)(OCC)OCC)(CC(F)(F)P(=O)(OCC)OCC)C(OP(OCCC#N)N(C(C)C)C(C)C)C1CC(C)(C)[Si](C)(C)O. The summed E-state index contributed by atoms with van der Waals surface area (Å²) < 4.78 is 135. The van der Waals surface area contributed by atoms with Gasteiger partial charge in [-0.15, -0.1) is 0 Å². The van der Waals surface area contributed by atoms with Crippen LogP contribution in [0.25, 0.3) is 0 Å². The van der Waals surface area contributed by atoms with Crippen LogP contribution in [-0.2, 0) is 41.0 Å². The molecule has 3 unspecified atom stereocenters. The minimum Gasteiger partial charge on any atom is -0.432 e. The molecule has 0 aromatic heterocycles. The quantitative estimate of drug-likeness (QED) is 0.0405. The summed E-state index contributed by atoms with van der Waals surface area (Å²) in [5.41, 5.74) is -11.9. The molecule has 1 fully saturated rings. The first-order valence-corrected chi connectivity index (χ1v) is 24.8. The first-order valence-electron chi connectivity index (χ1n) is 17.7. The third kappa shape index (κ3) is 12.0. The highest BCUT2D eigenvalue weighted by atomic mass is 31.2. The van der Waals surface area contributed by atoms with Crippen molar-refractivity contribution in [2.24, 2.45) is 5.92 Å². The Kier molecular flexibility index (Phi) is 19.2. The average Bonchev–Trinajstić information content (AvgIpc) is 3.20. The molecule has 52 heavy (non-hydrogen) atoms. The largest absolute Gasteiger partial charge is 0.432 e. The van der Waals surface area contributed by atoms with E-state index < -0.39 is 111 Å². The Bertz CT molecular complexity index is 1190. The molecule has 0 amide bonds. The Morgan fingerprint density at radius 3 is 1.65 bits per heavy atom. The van der Waals surface area contributed by atoms with Crippen molar-refractivity contribution in [3.8, 4) is 6.07 Å². The van der Waals surface area contributed by atoms with Crippen LogP contribution < -0.4 is 0 Å². The maximum absolute atomic E-state index is 16.7. The summed E-state index contributed by atoms with van der Waals surface area (Å²) in [4.78, 5) is 11.3.